The summed E-state index contributed by atoms with van der Waals surface area (Å²) in [4.78, 5) is 4.03. The van der Waals surface area contributed by atoms with Gasteiger partial charge in [-0.2, -0.15) is 4.98 Å². The fourth-order valence-electron chi connectivity index (χ4n) is 1.39. The lowest BCUT2D eigenvalue weighted by Crippen LogP contribution is -2.23. The van der Waals surface area contributed by atoms with Crippen molar-refractivity contribution in [2.45, 2.75) is 18.4 Å². The molecule has 0 spiro atoms. The molecular weight excluding hydrogens is 270 g/mol. The van der Waals surface area contributed by atoms with Gasteiger partial charge in [-0.05, 0) is 24.3 Å². The van der Waals surface area contributed by atoms with Crippen LogP contribution in [0.5, 0.6) is 0 Å². The number of benzene rings is 1. The number of nitrogens with one attached hydrogen (secondary N) is 2. The van der Waals surface area contributed by atoms with Crippen LogP contribution in [-0.4, -0.2) is 18.6 Å². The Balaban J connectivity index is 2.09. The number of hydrazine groups is 1. The minimum atomic E-state index is -3.61. The molecule has 0 aliphatic rings. The molecule has 0 aliphatic carbocycles. The molecule has 0 unspecified atom stereocenters. The lowest BCUT2D eigenvalue weighted by molar-refractivity contribution is 0.387. The van der Waals surface area contributed by atoms with Crippen LogP contribution in [0.3, 0.4) is 0 Å². The molecular formula is C10H13N5O3S. The molecule has 8 nitrogen and oxygen atoms in total. The van der Waals surface area contributed by atoms with E-state index in [0.717, 1.165) is 0 Å². The summed E-state index contributed by atoms with van der Waals surface area (Å²) in [5.74, 6) is 5.86. The van der Waals surface area contributed by atoms with Crippen LogP contribution in [-0.2, 0) is 16.6 Å². The molecule has 19 heavy (non-hydrogen) atoms. The van der Waals surface area contributed by atoms with E-state index >= 15 is 0 Å². The zero-order valence-corrected chi connectivity index (χ0v) is 10.9. The lowest BCUT2D eigenvalue weighted by atomic mass is 10.3. The van der Waals surface area contributed by atoms with Crippen LogP contribution >= 0.6 is 0 Å². The predicted octanol–water partition coefficient (Wildman–Crippen LogP) is 0.142. The topological polar surface area (TPSA) is 123 Å². The van der Waals surface area contributed by atoms with E-state index in [9.17, 15) is 8.42 Å². The first-order chi connectivity index (χ1) is 9.01. The summed E-state index contributed by atoms with van der Waals surface area (Å²) in [6.45, 7) is 1.60. The predicted molar refractivity (Wildman–Crippen MR) is 67.3 cm³/mol. The van der Waals surface area contributed by atoms with Crippen molar-refractivity contribution in [1.29, 1.82) is 0 Å². The van der Waals surface area contributed by atoms with E-state index in [1.807, 2.05) is 0 Å². The third kappa shape index (κ3) is 3.28. The zero-order valence-electron chi connectivity index (χ0n) is 10.1. The first-order valence-electron chi connectivity index (χ1n) is 5.37. The number of hydrogen-bond acceptors (Lipinski definition) is 7. The summed E-state index contributed by atoms with van der Waals surface area (Å²) in [5, 5.41) is 3.60. The number of anilines is 1. The van der Waals surface area contributed by atoms with Crippen LogP contribution in [0.4, 0.5) is 5.69 Å². The van der Waals surface area contributed by atoms with E-state index < -0.39 is 10.0 Å². The molecule has 2 rings (SSSR count). The average molecular weight is 283 g/mol. The first-order valence-corrected chi connectivity index (χ1v) is 6.85. The van der Waals surface area contributed by atoms with Gasteiger partial charge in [0.1, 0.15) is 0 Å². The fourth-order valence-corrected chi connectivity index (χ4v) is 2.37. The van der Waals surface area contributed by atoms with Crippen molar-refractivity contribution in [3.05, 3.63) is 36.0 Å². The maximum Gasteiger partial charge on any atom is 0.240 e. The fraction of sp³-hybridized carbons (Fsp3) is 0.200. The van der Waals surface area contributed by atoms with E-state index in [2.05, 4.69) is 20.3 Å². The summed E-state index contributed by atoms with van der Waals surface area (Å²) in [5.41, 5.74) is 3.04. The molecule has 9 heteroatoms. The van der Waals surface area contributed by atoms with Crippen molar-refractivity contribution in [2.75, 3.05) is 5.43 Å². The summed E-state index contributed by atoms with van der Waals surface area (Å²) in [7, 11) is -3.61. The lowest BCUT2D eigenvalue weighted by Gasteiger charge is -2.05. The van der Waals surface area contributed by atoms with Gasteiger partial charge >= 0.3 is 0 Å². The Bertz CT molecular complexity index is 650. The van der Waals surface area contributed by atoms with Gasteiger partial charge in [0.25, 0.3) is 0 Å². The van der Waals surface area contributed by atoms with Crippen molar-refractivity contribution >= 4 is 15.7 Å². The maximum atomic E-state index is 12.0. The highest BCUT2D eigenvalue weighted by Crippen LogP contribution is 2.13. The highest BCUT2D eigenvalue weighted by atomic mass is 32.2. The Kier molecular flexibility index (Phi) is 3.79. The second-order valence-corrected chi connectivity index (χ2v) is 5.49. The summed E-state index contributed by atoms with van der Waals surface area (Å²) in [6, 6.07) is 6.01. The van der Waals surface area contributed by atoms with Gasteiger partial charge in [0, 0.05) is 12.6 Å². The van der Waals surface area contributed by atoms with Crippen LogP contribution in [0.25, 0.3) is 0 Å². The summed E-state index contributed by atoms with van der Waals surface area (Å²) >= 11 is 0. The van der Waals surface area contributed by atoms with Crippen molar-refractivity contribution in [1.82, 2.24) is 14.9 Å². The molecule has 0 bridgehead atoms. The average Bonchev–Trinajstić information content (AvgIpc) is 2.82. The molecule has 0 aliphatic heterocycles. The smallest absolute Gasteiger partial charge is 0.240 e. The number of nitrogens with two attached hydrogens (primary N) is 1. The van der Waals surface area contributed by atoms with Gasteiger partial charge in [0.05, 0.1) is 11.4 Å². The van der Waals surface area contributed by atoms with E-state index in [4.69, 9.17) is 10.4 Å². The molecule has 1 aromatic heterocycles. The number of sulfonamides is 1. The molecule has 2 aromatic rings. The van der Waals surface area contributed by atoms with Crippen molar-refractivity contribution in [3.63, 3.8) is 0 Å². The quantitative estimate of drug-likeness (QED) is 0.527. The van der Waals surface area contributed by atoms with Gasteiger partial charge in [-0.15, -0.1) is 0 Å². The van der Waals surface area contributed by atoms with E-state index in [1.165, 1.54) is 12.1 Å². The van der Waals surface area contributed by atoms with Crippen LogP contribution < -0.4 is 16.0 Å². The molecule has 0 radical (unpaired) electrons. The highest BCUT2D eigenvalue weighted by molar-refractivity contribution is 7.89. The number of aromatic nitrogens is 2. The molecule has 1 heterocycles. The van der Waals surface area contributed by atoms with Gasteiger partial charge in [-0.25, -0.2) is 13.1 Å². The molecule has 0 atom stereocenters. The second-order valence-electron chi connectivity index (χ2n) is 3.72. The first kappa shape index (κ1) is 13.5. The van der Waals surface area contributed by atoms with E-state index in [-0.39, 0.29) is 17.3 Å². The Labute approximate surface area is 110 Å². The molecule has 0 amide bonds. The third-order valence-corrected chi connectivity index (χ3v) is 3.74. The van der Waals surface area contributed by atoms with Gasteiger partial charge < -0.3 is 9.95 Å². The molecule has 0 saturated carbocycles. The van der Waals surface area contributed by atoms with Crippen LogP contribution in [0.15, 0.2) is 33.7 Å². The highest BCUT2D eigenvalue weighted by Gasteiger charge is 2.15. The van der Waals surface area contributed by atoms with Gasteiger partial charge in [-0.1, -0.05) is 5.16 Å². The Morgan fingerprint density at radius 2 is 2.00 bits per heavy atom. The SMILES string of the molecule is Cc1nc(CNS(=O)(=O)c2ccc(NN)cc2)no1. The zero-order chi connectivity index (χ0) is 13.9. The van der Waals surface area contributed by atoms with Crippen LogP contribution in [0.1, 0.15) is 11.7 Å². The van der Waals surface area contributed by atoms with Gasteiger partial charge in [0.15, 0.2) is 5.82 Å². The maximum absolute atomic E-state index is 12.0. The Morgan fingerprint density at radius 3 is 2.53 bits per heavy atom. The standard InChI is InChI=1S/C10H13N5O3S/c1-7-13-10(15-18-7)6-12-19(16,17)9-4-2-8(14-11)3-5-9/h2-5,12,14H,6,11H2,1H3. The number of rotatable bonds is 5. The molecule has 4 N–H and O–H groups in total. The number of nitrogens with zero attached hydrogens (tertiary/aromatic N) is 2. The number of aryl methyl sites for hydroxylation is 1. The molecule has 0 saturated heterocycles. The molecule has 102 valence electrons. The summed E-state index contributed by atoms with van der Waals surface area (Å²) < 4.78 is 31.1. The minimum absolute atomic E-state index is 0.0312. The normalized spacial score (nSPS) is 11.5. The van der Waals surface area contributed by atoms with Crippen LogP contribution in [0, 0.1) is 6.92 Å². The van der Waals surface area contributed by atoms with Crippen LogP contribution in [0.2, 0.25) is 0 Å². The van der Waals surface area contributed by atoms with Crippen molar-refractivity contribution in [3.8, 4) is 0 Å². The Morgan fingerprint density at radius 1 is 1.32 bits per heavy atom. The van der Waals surface area contributed by atoms with Gasteiger partial charge in [0.2, 0.25) is 15.9 Å². The minimum Gasteiger partial charge on any atom is -0.340 e. The molecule has 0 fully saturated rings. The summed E-state index contributed by atoms with van der Waals surface area (Å²) in [6.07, 6.45) is 0. The van der Waals surface area contributed by atoms with E-state index in [1.54, 1.807) is 19.1 Å². The monoisotopic (exact) mass is 283 g/mol. The second kappa shape index (κ2) is 5.34. The van der Waals surface area contributed by atoms with Crippen molar-refractivity contribution in [2.24, 2.45) is 5.84 Å². The number of hydrogen-bond donors (Lipinski definition) is 3. The third-order valence-electron chi connectivity index (χ3n) is 2.32. The van der Waals surface area contributed by atoms with Gasteiger partial charge in [-0.3, -0.25) is 5.84 Å². The number of nitrogen functional groups attached to an aromatic ring is 1. The van der Waals surface area contributed by atoms with E-state index in [0.29, 0.717) is 11.6 Å². The Hall–Kier alpha value is -1.97. The largest absolute Gasteiger partial charge is 0.340 e. The molecule has 1 aromatic carbocycles. The van der Waals surface area contributed by atoms with Crippen molar-refractivity contribution < 1.29 is 12.9 Å².